The van der Waals surface area contributed by atoms with Crippen LogP contribution in [-0.2, 0) is 24.9 Å². The molecule has 1 aliphatic rings. The lowest BCUT2D eigenvalue weighted by Gasteiger charge is -2.33. The molecule has 2 aromatic rings. The van der Waals surface area contributed by atoms with Crippen LogP contribution in [0.25, 0.3) is 11.2 Å². The van der Waals surface area contributed by atoms with Gasteiger partial charge in [0, 0.05) is 39.8 Å². The second-order valence-electron chi connectivity index (χ2n) is 7.36. The lowest BCUT2D eigenvalue weighted by atomic mass is 10.3. The third-order valence-electron chi connectivity index (χ3n) is 5.02. The number of anilines is 1. The summed E-state index contributed by atoms with van der Waals surface area (Å²) in [6, 6.07) is 0. The summed E-state index contributed by atoms with van der Waals surface area (Å²) in [4.78, 5) is 55.6. The number of aryl methyl sites for hydroxylation is 1. The van der Waals surface area contributed by atoms with Crippen molar-refractivity contribution in [3.8, 4) is 0 Å². The molecule has 3 rings (SSSR count). The Balaban J connectivity index is 2.20. The van der Waals surface area contributed by atoms with Crippen molar-refractivity contribution in [1.29, 1.82) is 0 Å². The third kappa shape index (κ3) is 3.80. The minimum Gasteiger partial charge on any atom is -0.480 e. The first-order valence-electron chi connectivity index (χ1n) is 9.39. The van der Waals surface area contributed by atoms with Gasteiger partial charge in [0.05, 0.1) is 0 Å². The number of allylic oxidation sites excluding steroid dienone is 2. The van der Waals surface area contributed by atoms with Crippen LogP contribution in [0, 0.1) is 0 Å². The van der Waals surface area contributed by atoms with Crippen LogP contribution >= 0.6 is 0 Å². The van der Waals surface area contributed by atoms with Crippen molar-refractivity contribution in [1.82, 2.24) is 23.6 Å². The Labute approximate surface area is 170 Å². The normalized spacial score (nSPS) is 14.2. The van der Waals surface area contributed by atoms with Gasteiger partial charge in [-0.15, -0.1) is 0 Å². The Bertz CT molecular complexity index is 1140. The van der Waals surface area contributed by atoms with Gasteiger partial charge in [-0.3, -0.25) is 14.2 Å². The van der Waals surface area contributed by atoms with E-state index in [0.29, 0.717) is 30.1 Å². The molecule has 2 N–H and O–H groups in total. The molecular weight excluding hydrogens is 396 g/mol. The molecule has 0 radical (unpaired) electrons. The van der Waals surface area contributed by atoms with Crippen molar-refractivity contribution in [3.05, 3.63) is 32.5 Å². The zero-order chi connectivity index (χ0) is 22.2. The highest BCUT2D eigenvalue weighted by Crippen LogP contribution is 2.21. The number of aliphatic carboxylic acids is 1. The Hall–Kier alpha value is -3.57. The van der Waals surface area contributed by atoms with E-state index in [0.717, 1.165) is 10.1 Å². The molecule has 0 aromatic carbocycles. The minimum atomic E-state index is -1.30. The quantitative estimate of drug-likeness (QED) is 0.630. The number of hydrogen-bond donors (Lipinski definition) is 2. The lowest BCUT2D eigenvalue weighted by Crippen LogP contribution is -2.49. The summed E-state index contributed by atoms with van der Waals surface area (Å²) in [5.74, 6) is -0.860. The van der Waals surface area contributed by atoms with Crippen LogP contribution in [0.2, 0.25) is 0 Å². The number of rotatable bonds is 5. The Morgan fingerprint density at radius 1 is 1.07 bits per heavy atom. The van der Waals surface area contributed by atoms with Crippen LogP contribution < -0.4 is 16.1 Å². The maximum Gasteiger partial charge on any atom is 0.407 e. The standard InChI is InChI=1S/C18H24N6O6/c1-11(2)4-5-23-13-14(20(3)17(28)24(15(13)27)10-12(25)26)19-16(23)21-6-8-22(9-7-21)18(29)30/h4H,5-10H2,1-3H3,(H,25,26)(H,29,30). The van der Waals surface area contributed by atoms with Crippen molar-refractivity contribution < 1.29 is 19.8 Å². The zero-order valence-electron chi connectivity index (χ0n) is 17.0. The minimum absolute atomic E-state index is 0.131. The number of nitrogens with zero attached hydrogens (tertiary/aromatic N) is 6. The van der Waals surface area contributed by atoms with Crippen LogP contribution in [-0.4, -0.2) is 72.0 Å². The third-order valence-corrected chi connectivity index (χ3v) is 5.02. The number of aromatic nitrogens is 4. The maximum atomic E-state index is 13.0. The molecule has 12 nitrogen and oxygen atoms in total. The highest BCUT2D eigenvalue weighted by molar-refractivity contribution is 5.75. The predicted octanol–water partition coefficient (Wildman–Crippen LogP) is -0.252. The van der Waals surface area contributed by atoms with E-state index >= 15 is 0 Å². The van der Waals surface area contributed by atoms with E-state index in [1.807, 2.05) is 24.8 Å². The van der Waals surface area contributed by atoms with Crippen molar-refractivity contribution in [2.45, 2.75) is 26.9 Å². The van der Waals surface area contributed by atoms with Crippen LogP contribution in [0.15, 0.2) is 21.2 Å². The van der Waals surface area contributed by atoms with E-state index in [2.05, 4.69) is 4.98 Å². The van der Waals surface area contributed by atoms with Gasteiger partial charge in [0.15, 0.2) is 11.2 Å². The van der Waals surface area contributed by atoms with Gasteiger partial charge in [-0.1, -0.05) is 11.6 Å². The molecular formula is C18H24N6O6. The first kappa shape index (κ1) is 21.1. The maximum absolute atomic E-state index is 13.0. The van der Waals surface area contributed by atoms with Gasteiger partial charge in [0.25, 0.3) is 5.56 Å². The molecule has 30 heavy (non-hydrogen) atoms. The van der Waals surface area contributed by atoms with E-state index in [4.69, 9.17) is 10.2 Å². The van der Waals surface area contributed by atoms with Gasteiger partial charge >= 0.3 is 17.8 Å². The molecule has 2 aromatic heterocycles. The second kappa shape index (κ2) is 8.05. The van der Waals surface area contributed by atoms with Gasteiger partial charge in [-0.2, -0.15) is 4.98 Å². The van der Waals surface area contributed by atoms with E-state index in [9.17, 15) is 19.2 Å². The highest BCUT2D eigenvalue weighted by atomic mass is 16.4. The van der Waals surface area contributed by atoms with Crippen LogP contribution in [0.3, 0.4) is 0 Å². The summed E-state index contributed by atoms with van der Waals surface area (Å²) >= 11 is 0. The largest absolute Gasteiger partial charge is 0.480 e. The number of amides is 1. The molecule has 0 aliphatic carbocycles. The molecule has 3 heterocycles. The Morgan fingerprint density at radius 3 is 2.23 bits per heavy atom. The Kier molecular flexibility index (Phi) is 5.67. The molecule has 0 bridgehead atoms. The number of piperazine rings is 1. The number of carboxylic acids is 1. The molecule has 1 saturated heterocycles. The predicted molar refractivity (Wildman–Crippen MR) is 108 cm³/mol. The van der Waals surface area contributed by atoms with Gasteiger partial charge in [-0.05, 0) is 13.8 Å². The molecule has 0 saturated carbocycles. The smallest absolute Gasteiger partial charge is 0.407 e. The van der Waals surface area contributed by atoms with Gasteiger partial charge in [0.1, 0.15) is 6.54 Å². The molecule has 0 unspecified atom stereocenters. The fourth-order valence-corrected chi connectivity index (χ4v) is 3.42. The van der Waals surface area contributed by atoms with E-state index in [1.54, 1.807) is 4.57 Å². The fraction of sp³-hybridized carbons (Fsp3) is 0.500. The summed E-state index contributed by atoms with van der Waals surface area (Å²) in [5.41, 5.74) is -0.185. The summed E-state index contributed by atoms with van der Waals surface area (Å²) in [6.45, 7) is 4.68. The molecule has 1 fully saturated rings. The van der Waals surface area contributed by atoms with E-state index in [1.165, 1.54) is 11.9 Å². The van der Waals surface area contributed by atoms with Crippen LogP contribution in [0.5, 0.6) is 0 Å². The highest BCUT2D eigenvalue weighted by Gasteiger charge is 2.27. The molecule has 0 atom stereocenters. The fourth-order valence-electron chi connectivity index (χ4n) is 3.42. The number of carbonyl (C=O) groups is 2. The summed E-state index contributed by atoms with van der Waals surface area (Å²) < 4.78 is 3.49. The molecule has 1 amide bonds. The lowest BCUT2D eigenvalue weighted by molar-refractivity contribution is -0.137. The van der Waals surface area contributed by atoms with Gasteiger partial charge in [0.2, 0.25) is 5.95 Å². The molecule has 162 valence electrons. The topological polar surface area (TPSA) is 143 Å². The summed E-state index contributed by atoms with van der Waals surface area (Å²) in [5, 5.41) is 18.3. The molecule has 12 heteroatoms. The number of imidazole rings is 1. The molecule has 1 aliphatic heterocycles. The van der Waals surface area contributed by atoms with E-state index in [-0.39, 0.29) is 24.3 Å². The van der Waals surface area contributed by atoms with Crippen molar-refractivity contribution in [2.75, 3.05) is 31.1 Å². The van der Waals surface area contributed by atoms with Crippen molar-refractivity contribution in [3.63, 3.8) is 0 Å². The average molecular weight is 420 g/mol. The average Bonchev–Trinajstić information content (AvgIpc) is 3.07. The van der Waals surface area contributed by atoms with Crippen molar-refractivity contribution in [2.24, 2.45) is 7.05 Å². The number of fused-ring (bicyclic) bond motifs is 1. The van der Waals surface area contributed by atoms with Crippen LogP contribution in [0.1, 0.15) is 13.8 Å². The zero-order valence-corrected chi connectivity index (χ0v) is 17.0. The van der Waals surface area contributed by atoms with Gasteiger partial charge in [-0.25, -0.2) is 14.2 Å². The van der Waals surface area contributed by atoms with E-state index < -0.39 is 29.9 Å². The monoisotopic (exact) mass is 420 g/mol. The first-order valence-corrected chi connectivity index (χ1v) is 9.39. The number of carboxylic acid groups (broad SMARTS) is 2. The SMILES string of the molecule is CC(C)=CCn1c(N2CCN(C(=O)O)CC2)nc2c1c(=O)n(CC(=O)O)c(=O)n2C. The van der Waals surface area contributed by atoms with Gasteiger partial charge < -0.3 is 24.6 Å². The first-order chi connectivity index (χ1) is 14.1. The van der Waals surface area contributed by atoms with Crippen molar-refractivity contribution >= 4 is 29.2 Å². The number of hydrogen-bond acceptors (Lipinski definition) is 6. The Morgan fingerprint density at radius 2 is 1.70 bits per heavy atom. The summed E-state index contributed by atoms with van der Waals surface area (Å²) in [7, 11) is 1.44. The molecule has 0 spiro atoms. The second-order valence-corrected chi connectivity index (χ2v) is 7.36. The summed E-state index contributed by atoms with van der Waals surface area (Å²) in [6.07, 6.45) is 0.899. The van der Waals surface area contributed by atoms with Crippen LogP contribution in [0.4, 0.5) is 10.7 Å².